The Bertz CT molecular complexity index is 633. The van der Waals surface area contributed by atoms with Gasteiger partial charge in [-0.05, 0) is 23.0 Å². The zero-order chi connectivity index (χ0) is 15.3. The van der Waals surface area contributed by atoms with Crippen molar-refractivity contribution < 1.29 is 0 Å². The number of benzene rings is 1. The van der Waals surface area contributed by atoms with Crippen LogP contribution in [0, 0.1) is 11.3 Å². The van der Waals surface area contributed by atoms with E-state index in [4.69, 9.17) is 5.26 Å². The third kappa shape index (κ3) is 4.03. The molecule has 1 heterocycles. The largest absolute Gasteiger partial charge is 0.367 e. The normalized spacial score (nSPS) is 11.0. The van der Waals surface area contributed by atoms with E-state index in [0.717, 1.165) is 13.0 Å². The molecular formula is C17H20N4. The van der Waals surface area contributed by atoms with Gasteiger partial charge >= 0.3 is 0 Å². The predicted molar refractivity (Wildman–Crippen MR) is 84.1 cm³/mol. The molecule has 4 nitrogen and oxygen atoms in total. The van der Waals surface area contributed by atoms with Gasteiger partial charge in [-0.15, -0.1) is 0 Å². The average Bonchev–Trinajstić information content (AvgIpc) is 2.47. The number of nitrogens with zero attached hydrogens (tertiary/aromatic N) is 3. The molecule has 0 radical (unpaired) electrons. The van der Waals surface area contributed by atoms with Crippen LogP contribution in [0.2, 0.25) is 0 Å². The summed E-state index contributed by atoms with van der Waals surface area (Å²) in [5.41, 5.74) is 3.11. The summed E-state index contributed by atoms with van der Waals surface area (Å²) < 4.78 is 0. The molecule has 0 saturated heterocycles. The van der Waals surface area contributed by atoms with Crippen molar-refractivity contribution >= 4 is 5.82 Å². The summed E-state index contributed by atoms with van der Waals surface area (Å²) in [5.74, 6) is 0.548. The molecule has 0 aliphatic rings. The topological polar surface area (TPSA) is 61.6 Å². The van der Waals surface area contributed by atoms with Gasteiger partial charge in [-0.3, -0.25) is 0 Å². The molecule has 108 valence electrons. The molecule has 0 unspecified atom stereocenters. The van der Waals surface area contributed by atoms with Gasteiger partial charge in [-0.1, -0.05) is 45.0 Å². The summed E-state index contributed by atoms with van der Waals surface area (Å²) in [4.78, 5) is 8.11. The number of rotatable bonds is 4. The van der Waals surface area contributed by atoms with Gasteiger partial charge in [0.05, 0.1) is 0 Å². The number of nitrogens with one attached hydrogen (secondary N) is 1. The lowest BCUT2D eigenvalue weighted by Crippen LogP contribution is -2.11. The summed E-state index contributed by atoms with van der Waals surface area (Å²) in [6.45, 7) is 7.35. The van der Waals surface area contributed by atoms with Crippen LogP contribution < -0.4 is 5.32 Å². The quantitative estimate of drug-likeness (QED) is 0.933. The fraction of sp³-hybridized carbons (Fsp3) is 0.353. The molecule has 0 fully saturated rings. The summed E-state index contributed by atoms with van der Waals surface area (Å²) in [6, 6.07) is 10.7. The second kappa shape index (κ2) is 6.36. The van der Waals surface area contributed by atoms with E-state index in [1.807, 2.05) is 6.07 Å². The van der Waals surface area contributed by atoms with Crippen molar-refractivity contribution in [2.24, 2.45) is 0 Å². The van der Waals surface area contributed by atoms with Crippen LogP contribution >= 0.6 is 0 Å². The van der Waals surface area contributed by atoms with Crippen molar-refractivity contribution in [3.8, 4) is 6.07 Å². The summed E-state index contributed by atoms with van der Waals surface area (Å²) in [5, 5.41) is 12.1. The van der Waals surface area contributed by atoms with E-state index in [2.05, 4.69) is 60.3 Å². The molecule has 1 N–H and O–H groups in total. The Balaban J connectivity index is 1.94. The highest BCUT2D eigenvalue weighted by atomic mass is 15.0. The third-order valence-corrected chi connectivity index (χ3v) is 3.33. The van der Waals surface area contributed by atoms with E-state index in [1.165, 1.54) is 17.3 Å². The predicted octanol–water partition coefficient (Wildman–Crippen LogP) is 3.30. The van der Waals surface area contributed by atoms with Crippen LogP contribution in [0.4, 0.5) is 5.82 Å². The second-order valence-corrected chi connectivity index (χ2v) is 5.99. The highest BCUT2D eigenvalue weighted by Gasteiger charge is 2.12. The summed E-state index contributed by atoms with van der Waals surface area (Å²) in [7, 11) is 0. The van der Waals surface area contributed by atoms with Gasteiger partial charge < -0.3 is 5.32 Å². The maximum Gasteiger partial charge on any atom is 0.182 e. The number of hydrogen-bond acceptors (Lipinski definition) is 4. The third-order valence-electron chi connectivity index (χ3n) is 3.33. The van der Waals surface area contributed by atoms with Crippen LogP contribution in [0.15, 0.2) is 36.7 Å². The number of anilines is 1. The first-order valence-electron chi connectivity index (χ1n) is 7.05. The van der Waals surface area contributed by atoms with Gasteiger partial charge in [0.2, 0.25) is 0 Å². The van der Waals surface area contributed by atoms with Crippen molar-refractivity contribution in [2.75, 3.05) is 11.9 Å². The summed E-state index contributed by atoms with van der Waals surface area (Å²) >= 11 is 0. The smallest absolute Gasteiger partial charge is 0.182 e. The lowest BCUT2D eigenvalue weighted by atomic mass is 9.86. The van der Waals surface area contributed by atoms with Crippen molar-refractivity contribution in [2.45, 2.75) is 32.6 Å². The molecule has 0 aliphatic heterocycles. The van der Waals surface area contributed by atoms with Gasteiger partial charge in [0.1, 0.15) is 6.07 Å². The van der Waals surface area contributed by atoms with Crippen LogP contribution in [0.1, 0.15) is 37.6 Å². The molecule has 21 heavy (non-hydrogen) atoms. The van der Waals surface area contributed by atoms with Gasteiger partial charge in [-0.2, -0.15) is 5.26 Å². The standard InChI is InChI=1S/C17H20N4/c1-17(2,3)14-6-4-13(5-7-14)8-9-20-16-15(12-18)19-10-11-21-16/h4-7,10-11H,8-9H2,1-3H3,(H,20,21). The first kappa shape index (κ1) is 15.0. The minimum Gasteiger partial charge on any atom is -0.367 e. The lowest BCUT2D eigenvalue weighted by molar-refractivity contribution is 0.590. The van der Waals surface area contributed by atoms with Crippen LogP contribution in [-0.4, -0.2) is 16.5 Å². The van der Waals surface area contributed by atoms with Gasteiger partial charge in [0.25, 0.3) is 0 Å². The van der Waals surface area contributed by atoms with E-state index in [1.54, 1.807) is 6.20 Å². The zero-order valence-electron chi connectivity index (χ0n) is 12.7. The van der Waals surface area contributed by atoms with E-state index in [9.17, 15) is 0 Å². The Kier molecular flexibility index (Phi) is 4.54. The molecule has 0 amide bonds. The maximum atomic E-state index is 8.95. The zero-order valence-corrected chi connectivity index (χ0v) is 12.7. The molecular weight excluding hydrogens is 260 g/mol. The minimum atomic E-state index is 0.179. The fourth-order valence-electron chi connectivity index (χ4n) is 2.05. The van der Waals surface area contributed by atoms with Gasteiger partial charge in [-0.25, -0.2) is 9.97 Å². The van der Waals surface area contributed by atoms with Gasteiger partial charge in [0.15, 0.2) is 11.5 Å². The number of nitriles is 1. The minimum absolute atomic E-state index is 0.179. The molecule has 0 atom stereocenters. The Morgan fingerprint density at radius 3 is 2.38 bits per heavy atom. The fourth-order valence-corrected chi connectivity index (χ4v) is 2.05. The van der Waals surface area contributed by atoms with E-state index >= 15 is 0 Å². The van der Waals surface area contributed by atoms with Crippen LogP contribution in [0.25, 0.3) is 0 Å². The van der Waals surface area contributed by atoms with Crippen molar-refractivity contribution in [3.63, 3.8) is 0 Å². The maximum absolute atomic E-state index is 8.95. The lowest BCUT2D eigenvalue weighted by Gasteiger charge is -2.19. The Morgan fingerprint density at radius 2 is 1.76 bits per heavy atom. The summed E-state index contributed by atoms with van der Waals surface area (Å²) in [6.07, 6.45) is 3.99. The molecule has 2 rings (SSSR count). The number of hydrogen-bond donors (Lipinski definition) is 1. The van der Waals surface area contributed by atoms with Gasteiger partial charge in [0, 0.05) is 18.9 Å². The Labute approximate surface area is 125 Å². The van der Waals surface area contributed by atoms with Crippen LogP contribution in [-0.2, 0) is 11.8 Å². The Hall–Kier alpha value is -2.41. The molecule has 0 spiro atoms. The monoisotopic (exact) mass is 280 g/mol. The SMILES string of the molecule is CC(C)(C)c1ccc(CCNc2nccnc2C#N)cc1. The molecule has 4 heteroatoms. The van der Waals surface area contributed by atoms with E-state index < -0.39 is 0 Å². The number of aromatic nitrogens is 2. The first-order valence-corrected chi connectivity index (χ1v) is 7.05. The highest BCUT2D eigenvalue weighted by Crippen LogP contribution is 2.22. The molecule has 0 saturated carbocycles. The first-order chi connectivity index (χ1) is 10.0. The highest BCUT2D eigenvalue weighted by molar-refractivity contribution is 5.46. The van der Waals surface area contributed by atoms with E-state index in [0.29, 0.717) is 11.5 Å². The molecule has 2 aromatic rings. The Morgan fingerprint density at radius 1 is 1.10 bits per heavy atom. The van der Waals surface area contributed by atoms with Crippen molar-refractivity contribution in [3.05, 3.63) is 53.5 Å². The van der Waals surface area contributed by atoms with Crippen molar-refractivity contribution in [1.29, 1.82) is 5.26 Å². The molecule has 0 bridgehead atoms. The van der Waals surface area contributed by atoms with E-state index in [-0.39, 0.29) is 5.41 Å². The molecule has 0 aliphatic carbocycles. The van der Waals surface area contributed by atoms with Crippen LogP contribution in [0.3, 0.4) is 0 Å². The van der Waals surface area contributed by atoms with Crippen LogP contribution in [0.5, 0.6) is 0 Å². The average molecular weight is 280 g/mol. The molecule has 1 aromatic carbocycles. The van der Waals surface area contributed by atoms with Crippen molar-refractivity contribution in [1.82, 2.24) is 9.97 Å². The molecule has 1 aromatic heterocycles. The second-order valence-electron chi connectivity index (χ2n) is 5.99.